The molecule has 1 amide bonds. The Kier molecular flexibility index (Phi) is 7.06. The van der Waals surface area contributed by atoms with Crippen molar-refractivity contribution in [3.8, 4) is 5.75 Å². The van der Waals surface area contributed by atoms with Crippen LogP contribution in [0.4, 0.5) is 0 Å². The Hall–Kier alpha value is -2.50. The predicted octanol–water partition coefficient (Wildman–Crippen LogP) is 5.61. The summed E-state index contributed by atoms with van der Waals surface area (Å²) in [5.74, 6) is -1.22. The van der Waals surface area contributed by atoms with E-state index in [-0.39, 0.29) is 21.9 Å². The van der Waals surface area contributed by atoms with Gasteiger partial charge in [0, 0.05) is 17.1 Å². The standard InChI is InChI=1S/C23H23Cl2NO4/c1-3-4-5-12-26-20(14-6-8-15(24)9-7-14)19(22(28)23(26)29)21(27)17-13-16(30-2)10-11-18(17)25/h6-11,13,20,27H,3-5,12H2,1-2H3/b21-19+. The fraction of sp³-hybridized carbons (Fsp3) is 0.304. The number of amides is 1. The van der Waals surface area contributed by atoms with Gasteiger partial charge in [-0.25, -0.2) is 0 Å². The minimum atomic E-state index is -0.733. The number of carbonyl (C=O) groups is 2. The SMILES string of the molecule is CCCCCN1C(=O)C(=O)/C(=C(/O)c2cc(OC)ccc2Cl)C1c1ccc(Cl)cc1. The van der Waals surface area contributed by atoms with Crippen LogP contribution in [0.25, 0.3) is 5.76 Å². The van der Waals surface area contributed by atoms with Gasteiger partial charge >= 0.3 is 0 Å². The lowest BCUT2D eigenvalue weighted by molar-refractivity contribution is -0.139. The molecule has 1 aliphatic heterocycles. The van der Waals surface area contributed by atoms with Crippen molar-refractivity contribution in [2.24, 2.45) is 0 Å². The van der Waals surface area contributed by atoms with Crippen LogP contribution < -0.4 is 4.74 Å². The number of Topliss-reactive ketones (excluding diaryl/α,β-unsaturated/α-hetero) is 1. The number of aliphatic hydroxyl groups is 1. The quantitative estimate of drug-likeness (QED) is 0.259. The molecule has 1 fully saturated rings. The lowest BCUT2D eigenvalue weighted by atomic mass is 9.95. The van der Waals surface area contributed by atoms with Crippen LogP contribution in [0.5, 0.6) is 5.75 Å². The van der Waals surface area contributed by atoms with Gasteiger partial charge in [0.25, 0.3) is 11.7 Å². The number of methoxy groups -OCH3 is 1. The lowest BCUT2D eigenvalue weighted by Crippen LogP contribution is -2.30. The number of benzene rings is 2. The second kappa shape index (κ2) is 9.54. The van der Waals surface area contributed by atoms with Crippen molar-refractivity contribution in [2.75, 3.05) is 13.7 Å². The van der Waals surface area contributed by atoms with Crippen molar-refractivity contribution in [2.45, 2.75) is 32.2 Å². The first-order valence-corrected chi connectivity index (χ1v) is 10.5. The maximum atomic E-state index is 13.0. The Morgan fingerprint density at radius 2 is 1.80 bits per heavy atom. The number of unbranched alkanes of at least 4 members (excludes halogenated alkanes) is 2. The molecule has 0 radical (unpaired) electrons. The van der Waals surface area contributed by atoms with Crippen molar-refractivity contribution in [3.05, 3.63) is 69.2 Å². The average molecular weight is 448 g/mol. The van der Waals surface area contributed by atoms with E-state index in [1.54, 1.807) is 42.5 Å². The number of hydrogen-bond acceptors (Lipinski definition) is 4. The molecule has 2 aromatic carbocycles. The molecule has 0 aliphatic carbocycles. The Balaban J connectivity index is 2.16. The molecule has 1 atom stereocenters. The van der Waals surface area contributed by atoms with Gasteiger partial charge < -0.3 is 14.7 Å². The van der Waals surface area contributed by atoms with Gasteiger partial charge in [0.1, 0.15) is 11.5 Å². The number of hydrogen-bond donors (Lipinski definition) is 1. The largest absolute Gasteiger partial charge is 0.507 e. The van der Waals surface area contributed by atoms with Crippen LogP contribution in [0.1, 0.15) is 43.4 Å². The summed E-state index contributed by atoms with van der Waals surface area (Å²) in [4.78, 5) is 27.3. The third-order valence-electron chi connectivity index (χ3n) is 5.16. The van der Waals surface area contributed by atoms with Crippen molar-refractivity contribution in [1.82, 2.24) is 4.90 Å². The highest BCUT2D eigenvalue weighted by Gasteiger charge is 2.45. The summed E-state index contributed by atoms with van der Waals surface area (Å²) in [5, 5.41) is 11.9. The Bertz CT molecular complexity index is 985. The fourth-order valence-electron chi connectivity index (χ4n) is 3.59. The van der Waals surface area contributed by atoms with Crippen LogP contribution in [-0.4, -0.2) is 35.4 Å². The second-order valence-electron chi connectivity index (χ2n) is 7.10. The zero-order valence-electron chi connectivity index (χ0n) is 16.8. The molecule has 7 heteroatoms. The van der Waals surface area contributed by atoms with Gasteiger partial charge in [-0.1, -0.05) is 55.1 Å². The molecule has 0 spiro atoms. The molecule has 0 aromatic heterocycles. The molecule has 0 bridgehead atoms. The smallest absolute Gasteiger partial charge is 0.295 e. The third kappa shape index (κ3) is 4.32. The molecule has 1 N–H and O–H groups in total. The number of halogens is 2. The maximum Gasteiger partial charge on any atom is 0.295 e. The van der Waals surface area contributed by atoms with Crippen LogP contribution in [0.2, 0.25) is 10.0 Å². The molecule has 1 saturated heterocycles. The van der Waals surface area contributed by atoms with Crippen LogP contribution in [0.3, 0.4) is 0 Å². The van der Waals surface area contributed by atoms with E-state index in [0.29, 0.717) is 22.9 Å². The monoisotopic (exact) mass is 447 g/mol. The van der Waals surface area contributed by atoms with Crippen LogP contribution >= 0.6 is 23.2 Å². The number of nitrogens with zero attached hydrogens (tertiary/aromatic N) is 1. The van der Waals surface area contributed by atoms with Crippen molar-refractivity contribution < 1.29 is 19.4 Å². The molecule has 1 unspecified atom stereocenters. The predicted molar refractivity (Wildman–Crippen MR) is 118 cm³/mol. The molecule has 1 aliphatic rings. The van der Waals surface area contributed by atoms with E-state index in [4.69, 9.17) is 27.9 Å². The normalized spacial score (nSPS) is 18.1. The summed E-state index contributed by atoms with van der Waals surface area (Å²) in [5.41, 5.74) is 0.936. The zero-order chi connectivity index (χ0) is 21.8. The van der Waals surface area contributed by atoms with E-state index >= 15 is 0 Å². The summed E-state index contributed by atoms with van der Waals surface area (Å²) in [6.45, 7) is 2.48. The van der Waals surface area contributed by atoms with E-state index in [2.05, 4.69) is 6.92 Å². The first kappa shape index (κ1) is 22.2. The van der Waals surface area contributed by atoms with Crippen molar-refractivity contribution >= 4 is 40.7 Å². The van der Waals surface area contributed by atoms with Gasteiger partial charge in [-0.05, 0) is 42.3 Å². The molecule has 158 valence electrons. The zero-order valence-corrected chi connectivity index (χ0v) is 18.3. The first-order chi connectivity index (χ1) is 14.4. The molecule has 5 nitrogen and oxygen atoms in total. The van der Waals surface area contributed by atoms with Gasteiger partial charge in [0.2, 0.25) is 0 Å². The number of ether oxygens (including phenoxy) is 1. The van der Waals surface area contributed by atoms with Gasteiger partial charge in [-0.2, -0.15) is 0 Å². The number of aliphatic hydroxyl groups excluding tert-OH is 1. The minimum Gasteiger partial charge on any atom is -0.507 e. The molecular weight excluding hydrogens is 425 g/mol. The summed E-state index contributed by atoms with van der Waals surface area (Å²) in [7, 11) is 1.49. The highest BCUT2D eigenvalue weighted by molar-refractivity contribution is 6.47. The number of ketones is 1. The van der Waals surface area contributed by atoms with Gasteiger partial charge in [0.05, 0.1) is 23.7 Å². The second-order valence-corrected chi connectivity index (χ2v) is 7.94. The lowest BCUT2D eigenvalue weighted by Gasteiger charge is -2.25. The average Bonchev–Trinajstić information content (AvgIpc) is 2.99. The summed E-state index contributed by atoms with van der Waals surface area (Å²) < 4.78 is 5.21. The third-order valence-corrected chi connectivity index (χ3v) is 5.74. The van der Waals surface area contributed by atoms with E-state index in [1.165, 1.54) is 12.0 Å². The first-order valence-electron chi connectivity index (χ1n) is 9.76. The maximum absolute atomic E-state index is 13.0. The molecule has 1 heterocycles. The fourth-order valence-corrected chi connectivity index (χ4v) is 3.93. The molecule has 2 aromatic rings. The van der Waals surface area contributed by atoms with Gasteiger partial charge in [-0.15, -0.1) is 0 Å². The van der Waals surface area contributed by atoms with E-state index in [1.807, 2.05) is 0 Å². The van der Waals surface area contributed by atoms with Gasteiger partial charge in [-0.3, -0.25) is 9.59 Å². The number of rotatable bonds is 7. The van der Waals surface area contributed by atoms with Crippen molar-refractivity contribution in [3.63, 3.8) is 0 Å². The highest BCUT2D eigenvalue weighted by atomic mass is 35.5. The van der Waals surface area contributed by atoms with Gasteiger partial charge in [0.15, 0.2) is 0 Å². The van der Waals surface area contributed by atoms with E-state index in [0.717, 1.165) is 19.3 Å². The Morgan fingerprint density at radius 3 is 2.43 bits per heavy atom. The number of carbonyl (C=O) groups excluding carboxylic acids is 2. The minimum absolute atomic E-state index is 0.00831. The molecular formula is C23H23Cl2NO4. The summed E-state index contributed by atoms with van der Waals surface area (Å²) in [6, 6.07) is 11.0. The molecule has 30 heavy (non-hydrogen) atoms. The summed E-state index contributed by atoms with van der Waals surface area (Å²) in [6.07, 6.45) is 2.67. The number of likely N-dealkylation sites (tertiary alicyclic amines) is 1. The van der Waals surface area contributed by atoms with Crippen LogP contribution in [0.15, 0.2) is 48.0 Å². The van der Waals surface area contributed by atoms with E-state index < -0.39 is 17.7 Å². The summed E-state index contributed by atoms with van der Waals surface area (Å²) >= 11 is 12.3. The highest BCUT2D eigenvalue weighted by Crippen LogP contribution is 2.41. The van der Waals surface area contributed by atoms with Crippen molar-refractivity contribution in [1.29, 1.82) is 0 Å². The van der Waals surface area contributed by atoms with Crippen LogP contribution in [0, 0.1) is 0 Å². The topological polar surface area (TPSA) is 66.8 Å². The molecule has 0 saturated carbocycles. The van der Waals surface area contributed by atoms with E-state index in [9.17, 15) is 14.7 Å². The Morgan fingerprint density at radius 1 is 1.10 bits per heavy atom. The Labute approximate surface area is 185 Å². The van der Waals surface area contributed by atoms with Crippen LogP contribution in [-0.2, 0) is 9.59 Å². The molecule has 3 rings (SSSR count).